The van der Waals surface area contributed by atoms with E-state index in [2.05, 4.69) is 0 Å². The van der Waals surface area contributed by atoms with Crippen LogP contribution < -0.4 is 4.74 Å². The van der Waals surface area contributed by atoms with E-state index in [1.54, 1.807) is 19.1 Å². The highest BCUT2D eigenvalue weighted by molar-refractivity contribution is 6.18. The molecule has 0 aliphatic heterocycles. The van der Waals surface area contributed by atoms with Gasteiger partial charge in [-0.2, -0.15) is 0 Å². The lowest BCUT2D eigenvalue weighted by Gasteiger charge is -2.10. The van der Waals surface area contributed by atoms with Gasteiger partial charge in [-0.25, -0.2) is 4.39 Å². The molecular weight excluding hydrogens is 203 g/mol. The molecule has 0 spiro atoms. The summed E-state index contributed by atoms with van der Waals surface area (Å²) in [6.07, 6.45) is 0. The topological polar surface area (TPSA) is 9.23 Å². The van der Waals surface area contributed by atoms with E-state index in [-0.39, 0.29) is 5.82 Å². The van der Waals surface area contributed by atoms with E-state index in [9.17, 15) is 4.39 Å². The number of rotatable bonds is 4. The van der Waals surface area contributed by atoms with Crippen LogP contribution in [0.5, 0.6) is 5.75 Å². The predicted molar refractivity (Wildman–Crippen MR) is 56.5 cm³/mol. The molecule has 0 aromatic heterocycles. The maximum atomic E-state index is 12.9. The number of hydrogen-bond donors (Lipinski definition) is 0. The zero-order valence-electron chi connectivity index (χ0n) is 8.39. The van der Waals surface area contributed by atoms with Gasteiger partial charge in [0.25, 0.3) is 0 Å². The van der Waals surface area contributed by atoms with Gasteiger partial charge in [-0.15, -0.1) is 11.6 Å². The summed E-state index contributed by atoms with van der Waals surface area (Å²) in [4.78, 5) is 0. The molecule has 1 nitrogen and oxygen atoms in total. The van der Waals surface area contributed by atoms with Crippen molar-refractivity contribution >= 4 is 11.6 Å². The van der Waals surface area contributed by atoms with Crippen LogP contribution in [0.3, 0.4) is 0 Å². The Labute approximate surface area is 88.8 Å². The van der Waals surface area contributed by atoms with E-state index in [1.807, 2.05) is 6.92 Å². The highest BCUT2D eigenvalue weighted by Crippen LogP contribution is 2.16. The van der Waals surface area contributed by atoms with Crippen molar-refractivity contribution in [2.75, 3.05) is 12.5 Å². The van der Waals surface area contributed by atoms with Gasteiger partial charge >= 0.3 is 0 Å². The quantitative estimate of drug-likeness (QED) is 0.701. The second-order valence-electron chi connectivity index (χ2n) is 3.48. The molecular formula is C11H14ClFO. The van der Waals surface area contributed by atoms with Crippen molar-refractivity contribution in [3.8, 4) is 5.75 Å². The number of ether oxygens (including phenoxy) is 1. The molecule has 1 aromatic carbocycles. The van der Waals surface area contributed by atoms with Gasteiger partial charge in [0.2, 0.25) is 0 Å². The SMILES string of the molecule is Cc1cc(OCC(C)CCl)ccc1F. The molecule has 0 amide bonds. The highest BCUT2D eigenvalue weighted by Gasteiger charge is 2.03. The molecule has 1 rings (SSSR count). The minimum atomic E-state index is -0.206. The van der Waals surface area contributed by atoms with Crippen LogP contribution in [0.15, 0.2) is 18.2 Å². The van der Waals surface area contributed by atoms with Gasteiger partial charge in [-0.05, 0) is 30.7 Å². The normalized spacial score (nSPS) is 12.6. The van der Waals surface area contributed by atoms with Crippen LogP contribution in [-0.2, 0) is 0 Å². The summed E-state index contributed by atoms with van der Waals surface area (Å²) in [7, 11) is 0. The Bertz CT molecular complexity index is 301. The molecule has 78 valence electrons. The maximum absolute atomic E-state index is 12.9. The minimum absolute atomic E-state index is 0.206. The third kappa shape index (κ3) is 3.18. The van der Waals surface area contributed by atoms with Gasteiger partial charge < -0.3 is 4.74 Å². The molecule has 3 heteroatoms. The number of hydrogen-bond acceptors (Lipinski definition) is 1. The summed E-state index contributed by atoms with van der Waals surface area (Å²) in [6, 6.07) is 4.73. The standard InChI is InChI=1S/C11H14ClFO/c1-8(6-12)7-14-10-3-4-11(13)9(2)5-10/h3-5,8H,6-7H2,1-2H3. The van der Waals surface area contributed by atoms with Crippen LogP contribution in [0.25, 0.3) is 0 Å². The molecule has 0 fully saturated rings. The lowest BCUT2D eigenvalue weighted by Crippen LogP contribution is -2.09. The van der Waals surface area contributed by atoms with Crippen LogP contribution in [0.2, 0.25) is 0 Å². The fourth-order valence-corrected chi connectivity index (χ4v) is 1.08. The predicted octanol–water partition coefficient (Wildman–Crippen LogP) is 3.39. The third-order valence-electron chi connectivity index (χ3n) is 1.93. The Balaban J connectivity index is 2.55. The Morgan fingerprint density at radius 1 is 1.50 bits per heavy atom. The van der Waals surface area contributed by atoms with E-state index in [1.165, 1.54) is 6.07 Å². The fraction of sp³-hybridized carbons (Fsp3) is 0.455. The summed E-state index contributed by atoms with van der Waals surface area (Å²) in [5.41, 5.74) is 0.598. The van der Waals surface area contributed by atoms with Crippen molar-refractivity contribution < 1.29 is 9.13 Å². The molecule has 0 saturated carbocycles. The first-order chi connectivity index (χ1) is 6.63. The molecule has 0 N–H and O–H groups in total. The second-order valence-corrected chi connectivity index (χ2v) is 3.79. The van der Waals surface area contributed by atoms with E-state index < -0.39 is 0 Å². The first-order valence-corrected chi connectivity index (χ1v) is 5.12. The van der Waals surface area contributed by atoms with Crippen LogP contribution in [-0.4, -0.2) is 12.5 Å². The Kier molecular flexibility index (Phi) is 4.21. The van der Waals surface area contributed by atoms with Crippen LogP contribution >= 0.6 is 11.6 Å². The van der Waals surface area contributed by atoms with E-state index >= 15 is 0 Å². The van der Waals surface area contributed by atoms with Crippen molar-refractivity contribution in [3.05, 3.63) is 29.6 Å². The third-order valence-corrected chi connectivity index (χ3v) is 2.45. The first-order valence-electron chi connectivity index (χ1n) is 4.58. The van der Waals surface area contributed by atoms with Crippen molar-refractivity contribution in [3.63, 3.8) is 0 Å². The average molecular weight is 217 g/mol. The zero-order chi connectivity index (χ0) is 10.6. The van der Waals surface area contributed by atoms with Gasteiger partial charge in [-0.3, -0.25) is 0 Å². The molecule has 14 heavy (non-hydrogen) atoms. The Morgan fingerprint density at radius 2 is 2.21 bits per heavy atom. The number of benzene rings is 1. The van der Waals surface area contributed by atoms with E-state index in [4.69, 9.17) is 16.3 Å². The van der Waals surface area contributed by atoms with Crippen molar-refractivity contribution in [1.29, 1.82) is 0 Å². The smallest absolute Gasteiger partial charge is 0.126 e. The zero-order valence-corrected chi connectivity index (χ0v) is 9.14. The van der Waals surface area contributed by atoms with Gasteiger partial charge in [0.1, 0.15) is 11.6 Å². The second kappa shape index (κ2) is 5.20. The Morgan fingerprint density at radius 3 is 2.79 bits per heavy atom. The summed E-state index contributed by atoms with van der Waals surface area (Å²) in [5, 5.41) is 0. The Hall–Kier alpha value is -0.760. The molecule has 1 unspecified atom stereocenters. The molecule has 0 saturated heterocycles. The van der Waals surface area contributed by atoms with Crippen molar-refractivity contribution in [1.82, 2.24) is 0 Å². The van der Waals surface area contributed by atoms with Gasteiger partial charge in [-0.1, -0.05) is 6.92 Å². The van der Waals surface area contributed by atoms with Crippen LogP contribution in [0, 0.1) is 18.7 Å². The average Bonchev–Trinajstić information content (AvgIpc) is 2.19. The number of halogens is 2. The largest absolute Gasteiger partial charge is 0.493 e. The van der Waals surface area contributed by atoms with Crippen molar-refractivity contribution in [2.45, 2.75) is 13.8 Å². The lowest BCUT2D eigenvalue weighted by molar-refractivity contribution is 0.272. The highest BCUT2D eigenvalue weighted by atomic mass is 35.5. The molecule has 0 aliphatic carbocycles. The molecule has 0 bridgehead atoms. The molecule has 0 aliphatic rings. The monoisotopic (exact) mass is 216 g/mol. The summed E-state index contributed by atoms with van der Waals surface area (Å²) in [5.74, 6) is 1.37. The summed E-state index contributed by atoms with van der Waals surface area (Å²) >= 11 is 5.63. The summed E-state index contributed by atoms with van der Waals surface area (Å²) in [6.45, 7) is 4.28. The van der Waals surface area contributed by atoms with Gasteiger partial charge in [0, 0.05) is 11.8 Å². The van der Waals surface area contributed by atoms with E-state index in [0.29, 0.717) is 29.7 Å². The van der Waals surface area contributed by atoms with E-state index in [0.717, 1.165) is 0 Å². The first kappa shape index (κ1) is 11.3. The number of alkyl halides is 1. The van der Waals surface area contributed by atoms with Crippen molar-refractivity contribution in [2.24, 2.45) is 5.92 Å². The van der Waals surface area contributed by atoms with Gasteiger partial charge in [0.15, 0.2) is 0 Å². The van der Waals surface area contributed by atoms with Crippen LogP contribution in [0.1, 0.15) is 12.5 Å². The molecule has 1 aromatic rings. The van der Waals surface area contributed by atoms with Crippen LogP contribution in [0.4, 0.5) is 4.39 Å². The van der Waals surface area contributed by atoms with Gasteiger partial charge in [0.05, 0.1) is 6.61 Å². The fourth-order valence-electron chi connectivity index (χ4n) is 0.990. The maximum Gasteiger partial charge on any atom is 0.126 e. The number of aryl methyl sites for hydroxylation is 1. The molecule has 0 radical (unpaired) electrons. The molecule has 1 atom stereocenters. The molecule has 0 heterocycles. The minimum Gasteiger partial charge on any atom is -0.493 e. The summed E-state index contributed by atoms with van der Waals surface area (Å²) < 4.78 is 18.3. The lowest BCUT2D eigenvalue weighted by atomic mass is 10.2.